The van der Waals surface area contributed by atoms with Crippen LogP contribution in [0.25, 0.3) is 0 Å². The largest absolute Gasteiger partial charge is 0.454 e. The van der Waals surface area contributed by atoms with Crippen molar-refractivity contribution in [2.24, 2.45) is 7.05 Å². The van der Waals surface area contributed by atoms with E-state index in [0.717, 1.165) is 11.3 Å². The van der Waals surface area contributed by atoms with Gasteiger partial charge in [-0.3, -0.25) is 24.3 Å². The summed E-state index contributed by atoms with van der Waals surface area (Å²) in [5, 5.41) is 19.5. The number of furan rings is 1. The topological polar surface area (TPSA) is 112 Å². The van der Waals surface area contributed by atoms with Gasteiger partial charge in [0.15, 0.2) is 5.76 Å². The van der Waals surface area contributed by atoms with Gasteiger partial charge in [0.05, 0.1) is 17.7 Å². The molecule has 0 radical (unpaired) electrons. The molecule has 0 aliphatic heterocycles. The molecule has 0 spiro atoms. The highest BCUT2D eigenvalue weighted by atomic mass is 16.6. The number of hydrogen-bond donors (Lipinski definition) is 0. The summed E-state index contributed by atoms with van der Waals surface area (Å²) in [5.74, 6) is 0.443. The summed E-state index contributed by atoms with van der Waals surface area (Å²) in [6, 6.07) is 3.28. The van der Waals surface area contributed by atoms with Gasteiger partial charge in [0.1, 0.15) is 17.1 Å². The van der Waals surface area contributed by atoms with Gasteiger partial charge < -0.3 is 9.32 Å². The SMILES string of the molecule is Cc1nn(Cc2ccc(C(=O)N(C)Cc3cnn(C)c3C)o2)c(C)c1[N+](=O)[O-]. The average Bonchev–Trinajstić information content (AvgIpc) is 3.29. The molecule has 28 heavy (non-hydrogen) atoms. The number of aryl methyl sites for hydroxylation is 2. The summed E-state index contributed by atoms with van der Waals surface area (Å²) in [5.41, 5.74) is 2.73. The molecule has 148 valence electrons. The molecule has 3 aromatic heterocycles. The summed E-state index contributed by atoms with van der Waals surface area (Å²) in [4.78, 5) is 24.9. The van der Waals surface area contributed by atoms with Crippen molar-refractivity contribution in [3.63, 3.8) is 0 Å². The lowest BCUT2D eigenvalue weighted by Gasteiger charge is -2.15. The van der Waals surface area contributed by atoms with Crippen LogP contribution in [0.4, 0.5) is 5.69 Å². The molecule has 0 saturated carbocycles. The van der Waals surface area contributed by atoms with E-state index < -0.39 is 4.92 Å². The molecule has 0 N–H and O–H groups in total. The van der Waals surface area contributed by atoms with E-state index in [2.05, 4.69) is 10.2 Å². The highest BCUT2D eigenvalue weighted by Gasteiger charge is 2.23. The van der Waals surface area contributed by atoms with E-state index in [0.29, 0.717) is 23.7 Å². The summed E-state index contributed by atoms with van der Waals surface area (Å²) in [7, 11) is 3.55. The van der Waals surface area contributed by atoms with E-state index in [9.17, 15) is 14.9 Å². The first kappa shape index (κ1) is 19.3. The van der Waals surface area contributed by atoms with Crippen molar-refractivity contribution in [3.8, 4) is 0 Å². The minimum atomic E-state index is -0.444. The predicted molar refractivity (Wildman–Crippen MR) is 99.9 cm³/mol. The van der Waals surface area contributed by atoms with Crippen molar-refractivity contribution in [3.05, 3.63) is 62.6 Å². The van der Waals surface area contributed by atoms with Crippen LogP contribution in [-0.2, 0) is 20.1 Å². The number of carbonyl (C=O) groups is 1. The zero-order valence-corrected chi connectivity index (χ0v) is 16.5. The van der Waals surface area contributed by atoms with Crippen molar-refractivity contribution >= 4 is 11.6 Å². The number of aromatic nitrogens is 4. The lowest BCUT2D eigenvalue weighted by Crippen LogP contribution is -2.26. The molecule has 10 heteroatoms. The third-order valence-corrected chi connectivity index (χ3v) is 4.80. The molecule has 0 saturated heterocycles. The van der Waals surface area contributed by atoms with Crippen LogP contribution in [0, 0.1) is 30.9 Å². The number of amides is 1. The van der Waals surface area contributed by atoms with Crippen LogP contribution in [0.3, 0.4) is 0 Å². The van der Waals surface area contributed by atoms with E-state index in [4.69, 9.17) is 4.42 Å². The van der Waals surface area contributed by atoms with Crippen LogP contribution < -0.4 is 0 Å². The zero-order valence-electron chi connectivity index (χ0n) is 16.5. The van der Waals surface area contributed by atoms with E-state index in [1.807, 2.05) is 14.0 Å². The third-order valence-electron chi connectivity index (χ3n) is 4.80. The standard InChI is InChI=1S/C18H22N6O4/c1-11-17(24(26)27)13(3)23(20-11)10-15-6-7-16(28-15)18(25)21(4)9-14-8-19-22(5)12(14)2/h6-8H,9-10H2,1-5H3. The van der Waals surface area contributed by atoms with E-state index in [-0.39, 0.29) is 23.9 Å². The Balaban J connectivity index is 1.73. The number of rotatable bonds is 6. The van der Waals surface area contributed by atoms with E-state index in [1.54, 1.807) is 48.8 Å². The first-order chi connectivity index (χ1) is 13.2. The number of nitrogens with zero attached hydrogens (tertiary/aromatic N) is 6. The van der Waals surface area contributed by atoms with Gasteiger partial charge in [-0.25, -0.2) is 0 Å². The first-order valence-electron chi connectivity index (χ1n) is 8.69. The molecule has 3 heterocycles. The minimum Gasteiger partial charge on any atom is -0.454 e. The van der Waals surface area contributed by atoms with Crippen molar-refractivity contribution in [1.29, 1.82) is 0 Å². The maximum absolute atomic E-state index is 12.6. The van der Waals surface area contributed by atoms with Gasteiger partial charge in [-0.2, -0.15) is 10.2 Å². The van der Waals surface area contributed by atoms with Crippen LogP contribution in [-0.4, -0.2) is 42.3 Å². The normalized spacial score (nSPS) is 11.0. The van der Waals surface area contributed by atoms with Crippen LogP contribution in [0.2, 0.25) is 0 Å². The number of nitro groups is 1. The molecule has 0 aromatic carbocycles. The Labute approximate surface area is 161 Å². The first-order valence-corrected chi connectivity index (χ1v) is 8.69. The van der Waals surface area contributed by atoms with Gasteiger partial charge in [0, 0.05) is 31.9 Å². The Morgan fingerprint density at radius 3 is 2.57 bits per heavy atom. The van der Waals surface area contributed by atoms with Crippen molar-refractivity contribution < 1.29 is 14.1 Å². The monoisotopic (exact) mass is 386 g/mol. The fourth-order valence-electron chi connectivity index (χ4n) is 3.05. The second kappa shape index (κ2) is 7.29. The summed E-state index contributed by atoms with van der Waals surface area (Å²) in [6.07, 6.45) is 1.74. The lowest BCUT2D eigenvalue weighted by atomic mass is 10.2. The molecule has 0 atom stereocenters. The fraction of sp³-hybridized carbons (Fsp3) is 0.389. The molecule has 1 amide bonds. The van der Waals surface area contributed by atoms with Crippen LogP contribution in [0.15, 0.2) is 22.7 Å². The van der Waals surface area contributed by atoms with Gasteiger partial charge in [-0.05, 0) is 32.9 Å². The second-order valence-corrected chi connectivity index (χ2v) is 6.74. The molecule has 0 aliphatic carbocycles. The molecule has 0 unspecified atom stereocenters. The zero-order chi connectivity index (χ0) is 20.6. The van der Waals surface area contributed by atoms with Gasteiger partial charge >= 0.3 is 5.69 Å². The van der Waals surface area contributed by atoms with Crippen LogP contribution in [0.1, 0.15) is 39.0 Å². The van der Waals surface area contributed by atoms with Crippen molar-refractivity contribution in [2.75, 3.05) is 7.05 Å². The third kappa shape index (κ3) is 3.53. The fourth-order valence-corrected chi connectivity index (χ4v) is 3.05. The molecular formula is C18H22N6O4. The highest BCUT2D eigenvalue weighted by Crippen LogP contribution is 2.23. The molecule has 0 fully saturated rings. The van der Waals surface area contributed by atoms with Gasteiger partial charge in [-0.1, -0.05) is 0 Å². The summed E-state index contributed by atoms with van der Waals surface area (Å²) < 4.78 is 8.92. The predicted octanol–water partition coefficient (Wildman–Crippen LogP) is 2.36. The minimum absolute atomic E-state index is 0.00516. The van der Waals surface area contributed by atoms with Gasteiger partial charge in [0.2, 0.25) is 0 Å². The van der Waals surface area contributed by atoms with Gasteiger partial charge in [0.25, 0.3) is 5.91 Å². The molecule has 10 nitrogen and oxygen atoms in total. The van der Waals surface area contributed by atoms with Crippen molar-refractivity contribution in [2.45, 2.75) is 33.9 Å². The average molecular weight is 386 g/mol. The molecular weight excluding hydrogens is 364 g/mol. The molecule has 0 bridgehead atoms. The maximum Gasteiger partial charge on any atom is 0.312 e. The van der Waals surface area contributed by atoms with E-state index >= 15 is 0 Å². The Bertz CT molecular complexity index is 1040. The smallest absolute Gasteiger partial charge is 0.312 e. The second-order valence-electron chi connectivity index (χ2n) is 6.74. The van der Waals surface area contributed by atoms with E-state index in [1.165, 1.54) is 4.68 Å². The number of carbonyl (C=O) groups excluding carboxylic acids is 1. The molecule has 3 aromatic rings. The summed E-state index contributed by atoms with van der Waals surface area (Å²) >= 11 is 0. The van der Waals surface area contributed by atoms with Crippen LogP contribution in [0.5, 0.6) is 0 Å². The number of hydrogen-bond acceptors (Lipinski definition) is 6. The Morgan fingerprint density at radius 1 is 1.29 bits per heavy atom. The Morgan fingerprint density at radius 2 is 2.00 bits per heavy atom. The quantitative estimate of drug-likeness (QED) is 0.475. The molecule has 0 aliphatic rings. The summed E-state index contributed by atoms with van der Waals surface area (Å²) in [6.45, 7) is 5.79. The Kier molecular flexibility index (Phi) is 5.04. The molecule has 3 rings (SSSR count). The Hall–Kier alpha value is -3.43. The van der Waals surface area contributed by atoms with Crippen molar-refractivity contribution in [1.82, 2.24) is 24.5 Å². The van der Waals surface area contributed by atoms with Gasteiger partial charge in [-0.15, -0.1) is 0 Å². The highest BCUT2D eigenvalue weighted by molar-refractivity contribution is 5.91. The lowest BCUT2D eigenvalue weighted by molar-refractivity contribution is -0.386. The van der Waals surface area contributed by atoms with Crippen LogP contribution >= 0.6 is 0 Å². The maximum atomic E-state index is 12.6.